The second kappa shape index (κ2) is 10.1. The van der Waals surface area contributed by atoms with Gasteiger partial charge in [-0.1, -0.05) is 46.5 Å². The number of hydrogen-bond acceptors (Lipinski definition) is 3. The Kier molecular flexibility index (Phi) is 7.78. The van der Waals surface area contributed by atoms with E-state index in [0.29, 0.717) is 49.8 Å². The molecule has 0 radical (unpaired) electrons. The fourth-order valence-electron chi connectivity index (χ4n) is 5.36. The number of carbonyl (C=O) groups excluding carboxylic acids is 2. The van der Waals surface area contributed by atoms with Crippen molar-refractivity contribution in [1.29, 1.82) is 0 Å². The molecule has 2 aliphatic carbocycles. The van der Waals surface area contributed by atoms with Gasteiger partial charge in [0.2, 0.25) is 11.8 Å². The maximum Gasteiger partial charge on any atom is 0.248 e. The molecule has 1 saturated heterocycles. The van der Waals surface area contributed by atoms with Gasteiger partial charge in [-0.25, -0.2) is 0 Å². The Labute approximate surface area is 171 Å². The summed E-state index contributed by atoms with van der Waals surface area (Å²) in [6.45, 7) is 9.66. The van der Waals surface area contributed by atoms with Gasteiger partial charge < -0.3 is 14.5 Å². The number of amides is 2. The lowest BCUT2D eigenvalue weighted by molar-refractivity contribution is -0.147. The molecule has 1 heterocycles. The second-order valence-electron chi connectivity index (χ2n) is 9.72. The third kappa shape index (κ3) is 5.49. The molecule has 0 bridgehead atoms. The molecule has 3 atom stereocenters. The molecule has 0 aromatic rings. The average molecular weight is 393 g/mol. The molecule has 5 nitrogen and oxygen atoms in total. The Morgan fingerprint density at radius 3 is 2.21 bits per heavy atom. The summed E-state index contributed by atoms with van der Waals surface area (Å²) in [6.07, 6.45) is 9.48. The van der Waals surface area contributed by atoms with Crippen LogP contribution in [0.1, 0.15) is 72.1 Å². The van der Waals surface area contributed by atoms with E-state index in [-0.39, 0.29) is 24.5 Å². The van der Waals surface area contributed by atoms with Crippen molar-refractivity contribution in [2.24, 2.45) is 23.7 Å². The van der Waals surface area contributed by atoms with Gasteiger partial charge >= 0.3 is 0 Å². The Morgan fingerprint density at radius 2 is 1.57 bits per heavy atom. The number of hydrogen-bond donors (Lipinski definition) is 0. The smallest absolute Gasteiger partial charge is 0.248 e. The van der Waals surface area contributed by atoms with Crippen LogP contribution in [-0.2, 0) is 14.3 Å². The van der Waals surface area contributed by atoms with Crippen LogP contribution in [0.15, 0.2) is 0 Å². The van der Waals surface area contributed by atoms with Crippen molar-refractivity contribution >= 4 is 11.8 Å². The van der Waals surface area contributed by atoms with Crippen LogP contribution in [0.5, 0.6) is 0 Å². The van der Waals surface area contributed by atoms with Crippen molar-refractivity contribution in [2.75, 3.05) is 32.8 Å². The minimum Gasteiger partial charge on any atom is -0.368 e. The SMILES string of the molecule is CC1CCC(C(C)C)C(OCC(=O)N2CCN(C(=O)C3CCCCC3)CC2)C1. The Balaban J connectivity index is 1.42. The zero-order valence-electron chi connectivity index (χ0n) is 18.2. The van der Waals surface area contributed by atoms with Gasteiger partial charge in [0.15, 0.2) is 0 Å². The van der Waals surface area contributed by atoms with E-state index in [9.17, 15) is 9.59 Å². The first kappa shape index (κ1) is 21.6. The van der Waals surface area contributed by atoms with Crippen molar-refractivity contribution in [3.8, 4) is 0 Å². The first-order chi connectivity index (χ1) is 13.5. The standard InChI is InChI=1S/C23H40N2O3/c1-17(2)20-10-9-18(3)15-21(20)28-16-22(26)24-11-13-25(14-12-24)23(27)19-7-5-4-6-8-19/h17-21H,4-16H2,1-3H3. The molecule has 0 aromatic carbocycles. The van der Waals surface area contributed by atoms with Gasteiger partial charge in [0.1, 0.15) is 6.61 Å². The summed E-state index contributed by atoms with van der Waals surface area (Å²) in [4.78, 5) is 29.2. The molecule has 3 fully saturated rings. The fraction of sp³-hybridized carbons (Fsp3) is 0.913. The third-order valence-corrected chi connectivity index (χ3v) is 7.28. The summed E-state index contributed by atoms with van der Waals surface area (Å²) in [5, 5.41) is 0. The molecule has 2 amide bonds. The van der Waals surface area contributed by atoms with E-state index in [2.05, 4.69) is 20.8 Å². The largest absolute Gasteiger partial charge is 0.368 e. The van der Waals surface area contributed by atoms with Crippen LogP contribution in [0.25, 0.3) is 0 Å². The van der Waals surface area contributed by atoms with Gasteiger partial charge in [0, 0.05) is 32.1 Å². The molecule has 28 heavy (non-hydrogen) atoms. The highest BCUT2D eigenvalue weighted by molar-refractivity contribution is 5.80. The van der Waals surface area contributed by atoms with Crippen LogP contribution in [0.2, 0.25) is 0 Å². The number of piperazine rings is 1. The Hall–Kier alpha value is -1.10. The molecule has 0 N–H and O–H groups in total. The minimum absolute atomic E-state index is 0.0884. The van der Waals surface area contributed by atoms with E-state index >= 15 is 0 Å². The van der Waals surface area contributed by atoms with Gasteiger partial charge in [-0.2, -0.15) is 0 Å². The molecule has 5 heteroatoms. The zero-order chi connectivity index (χ0) is 20.1. The summed E-state index contributed by atoms with van der Waals surface area (Å²) in [5.74, 6) is 2.48. The number of nitrogens with zero attached hydrogens (tertiary/aromatic N) is 2. The molecular weight excluding hydrogens is 352 g/mol. The molecule has 0 spiro atoms. The Bertz CT molecular complexity index is 522. The summed E-state index contributed by atoms with van der Waals surface area (Å²) >= 11 is 0. The zero-order valence-corrected chi connectivity index (χ0v) is 18.2. The normalized spacial score (nSPS) is 29.9. The molecule has 1 aliphatic heterocycles. The highest BCUT2D eigenvalue weighted by Crippen LogP contribution is 2.35. The second-order valence-corrected chi connectivity index (χ2v) is 9.72. The van der Waals surface area contributed by atoms with Gasteiger partial charge in [0.25, 0.3) is 0 Å². The highest BCUT2D eigenvalue weighted by Gasteiger charge is 2.33. The van der Waals surface area contributed by atoms with Crippen molar-refractivity contribution in [3.05, 3.63) is 0 Å². The third-order valence-electron chi connectivity index (χ3n) is 7.28. The fourth-order valence-corrected chi connectivity index (χ4v) is 5.36. The van der Waals surface area contributed by atoms with E-state index in [0.717, 1.165) is 19.3 Å². The minimum atomic E-state index is 0.0884. The maximum absolute atomic E-state index is 12.7. The lowest BCUT2D eigenvalue weighted by atomic mass is 9.75. The summed E-state index contributed by atoms with van der Waals surface area (Å²) in [6, 6.07) is 0. The van der Waals surface area contributed by atoms with E-state index in [4.69, 9.17) is 4.74 Å². The van der Waals surface area contributed by atoms with E-state index < -0.39 is 0 Å². The predicted octanol–water partition coefficient (Wildman–Crippen LogP) is 3.71. The molecule has 3 unspecified atom stereocenters. The Morgan fingerprint density at radius 1 is 0.929 bits per heavy atom. The summed E-state index contributed by atoms with van der Waals surface area (Å²) < 4.78 is 6.14. The molecular formula is C23H40N2O3. The van der Waals surface area contributed by atoms with Gasteiger partial charge in [0.05, 0.1) is 6.10 Å². The van der Waals surface area contributed by atoms with Crippen LogP contribution in [0, 0.1) is 23.7 Å². The van der Waals surface area contributed by atoms with Crippen LogP contribution in [0.4, 0.5) is 0 Å². The van der Waals surface area contributed by atoms with Crippen molar-refractivity contribution in [3.63, 3.8) is 0 Å². The van der Waals surface area contributed by atoms with Crippen LogP contribution < -0.4 is 0 Å². The van der Waals surface area contributed by atoms with Crippen LogP contribution >= 0.6 is 0 Å². The lowest BCUT2D eigenvalue weighted by Gasteiger charge is -2.39. The number of ether oxygens (including phenoxy) is 1. The highest BCUT2D eigenvalue weighted by atomic mass is 16.5. The lowest BCUT2D eigenvalue weighted by Crippen LogP contribution is -2.53. The monoisotopic (exact) mass is 392 g/mol. The molecule has 3 rings (SSSR count). The summed E-state index contributed by atoms with van der Waals surface area (Å²) in [5.41, 5.74) is 0. The van der Waals surface area contributed by atoms with Crippen LogP contribution in [-0.4, -0.2) is 60.5 Å². The predicted molar refractivity (Wildman–Crippen MR) is 111 cm³/mol. The van der Waals surface area contributed by atoms with Gasteiger partial charge in [-0.05, 0) is 43.4 Å². The molecule has 160 valence electrons. The number of rotatable bonds is 5. The quantitative estimate of drug-likeness (QED) is 0.716. The molecule has 2 saturated carbocycles. The molecule has 3 aliphatic rings. The van der Waals surface area contributed by atoms with Gasteiger partial charge in [-0.3, -0.25) is 9.59 Å². The van der Waals surface area contributed by atoms with E-state index in [1.165, 1.54) is 32.1 Å². The van der Waals surface area contributed by atoms with Crippen molar-refractivity contribution in [1.82, 2.24) is 9.80 Å². The topological polar surface area (TPSA) is 49.9 Å². The maximum atomic E-state index is 12.7. The first-order valence-electron chi connectivity index (χ1n) is 11.6. The van der Waals surface area contributed by atoms with Gasteiger partial charge in [-0.15, -0.1) is 0 Å². The summed E-state index contributed by atoms with van der Waals surface area (Å²) in [7, 11) is 0. The average Bonchev–Trinajstić information content (AvgIpc) is 2.72. The van der Waals surface area contributed by atoms with E-state index in [1.807, 2.05) is 9.80 Å². The van der Waals surface area contributed by atoms with Crippen LogP contribution in [0.3, 0.4) is 0 Å². The molecule has 0 aromatic heterocycles. The van der Waals surface area contributed by atoms with Crippen molar-refractivity contribution in [2.45, 2.75) is 78.2 Å². The first-order valence-corrected chi connectivity index (χ1v) is 11.6. The van der Waals surface area contributed by atoms with Crippen molar-refractivity contribution < 1.29 is 14.3 Å². The van der Waals surface area contributed by atoms with E-state index in [1.54, 1.807) is 0 Å². The number of carbonyl (C=O) groups is 2.